The minimum atomic E-state index is -0.347. The van der Waals surface area contributed by atoms with Crippen molar-refractivity contribution in [2.45, 2.75) is 6.92 Å². The largest absolute Gasteiger partial charge is 0.461 e. The van der Waals surface area contributed by atoms with E-state index in [1.165, 1.54) is 0 Å². The highest BCUT2D eigenvalue weighted by molar-refractivity contribution is 6.05. The van der Waals surface area contributed by atoms with E-state index >= 15 is 0 Å². The second-order valence-electron chi connectivity index (χ2n) is 6.44. The molecule has 0 spiro atoms. The summed E-state index contributed by atoms with van der Waals surface area (Å²) < 4.78 is 5.36. The Morgan fingerprint density at radius 3 is 1.68 bits per heavy atom. The third-order valence-electron chi connectivity index (χ3n) is 4.67. The van der Waals surface area contributed by atoms with Crippen molar-refractivity contribution in [2.75, 3.05) is 6.61 Å². The third kappa shape index (κ3) is 3.35. The van der Waals surface area contributed by atoms with Crippen LogP contribution in [0.4, 0.5) is 0 Å². The van der Waals surface area contributed by atoms with E-state index < -0.39 is 0 Å². The number of hydrogen-bond donors (Lipinski definition) is 1. The molecule has 4 aromatic rings. The Hall–Kier alpha value is -3.59. The fraction of sp³-hybridized carbons (Fsp3) is 0.0800. The number of H-pyrrole nitrogens is 1. The summed E-state index contributed by atoms with van der Waals surface area (Å²) in [5.41, 5.74) is 6.30. The number of aromatic nitrogens is 1. The standard InChI is InChI=1S/C25H21NO2/c1-2-28-25(27)24-22(19-14-8-4-9-15-19)21(18-12-6-3-7-13-18)23(26-24)20-16-10-5-11-17-20/h3-17,26H,2H2,1H3. The van der Waals surface area contributed by atoms with Crippen LogP contribution in [0.25, 0.3) is 33.5 Å². The molecule has 0 unspecified atom stereocenters. The maximum Gasteiger partial charge on any atom is 0.355 e. The van der Waals surface area contributed by atoms with Gasteiger partial charge in [0.2, 0.25) is 0 Å². The lowest BCUT2D eigenvalue weighted by Gasteiger charge is -2.10. The van der Waals surface area contributed by atoms with E-state index in [2.05, 4.69) is 17.1 Å². The lowest BCUT2D eigenvalue weighted by molar-refractivity contribution is 0.0521. The summed E-state index contributed by atoms with van der Waals surface area (Å²) in [6.45, 7) is 2.15. The SMILES string of the molecule is CCOC(=O)c1[nH]c(-c2ccccc2)c(-c2ccccc2)c1-c1ccccc1. The van der Waals surface area contributed by atoms with Crippen LogP contribution in [0.15, 0.2) is 91.0 Å². The zero-order chi connectivity index (χ0) is 19.3. The van der Waals surface area contributed by atoms with E-state index in [0.717, 1.165) is 33.5 Å². The first kappa shape index (κ1) is 17.8. The average molecular weight is 367 g/mol. The molecule has 0 aliphatic heterocycles. The highest BCUT2D eigenvalue weighted by atomic mass is 16.5. The first-order chi connectivity index (χ1) is 13.8. The monoisotopic (exact) mass is 367 g/mol. The Kier molecular flexibility index (Phi) is 5.07. The first-order valence-electron chi connectivity index (χ1n) is 9.39. The smallest absolute Gasteiger partial charge is 0.355 e. The van der Waals surface area contributed by atoms with Crippen LogP contribution in [-0.4, -0.2) is 17.6 Å². The van der Waals surface area contributed by atoms with Gasteiger partial charge in [0.15, 0.2) is 0 Å². The predicted molar refractivity (Wildman–Crippen MR) is 113 cm³/mol. The van der Waals surface area contributed by atoms with Crippen molar-refractivity contribution in [3.8, 4) is 33.5 Å². The zero-order valence-electron chi connectivity index (χ0n) is 15.7. The number of ether oxygens (including phenoxy) is 1. The Labute approximate surface area is 164 Å². The van der Waals surface area contributed by atoms with Crippen LogP contribution in [0.3, 0.4) is 0 Å². The third-order valence-corrected chi connectivity index (χ3v) is 4.67. The van der Waals surface area contributed by atoms with E-state index in [1.807, 2.05) is 85.8 Å². The Morgan fingerprint density at radius 1 is 0.714 bits per heavy atom. The molecule has 0 bridgehead atoms. The molecule has 0 saturated carbocycles. The number of rotatable bonds is 5. The van der Waals surface area contributed by atoms with Crippen LogP contribution in [0.2, 0.25) is 0 Å². The van der Waals surface area contributed by atoms with Crippen LogP contribution in [-0.2, 0) is 4.74 Å². The lowest BCUT2D eigenvalue weighted by Crippen LogP contribution is -2.06. The molecule has 28 heavy (non-hydrogen) atoms. The topological polar surface area (TPSA) is 42.1 Å². The number of carbonyl (C=O) groups is 1. The number of nitrogens with one attached hydrogen (secondary N) is 1. The summed E-state index contributed by atoms with van der Waals surface area (Å²) in [5.74, 6) is -0.347. The molecular weight excluding hydrogens is 346 g/mol. The second kappa shape index (κ2) is 7.97. The van der Waals surface area contributed by atoms with Gasteiger partial charge in [0, 0.05) is 11.1 Å². The van der Waals surface area contributed by atoms with Gasteiger partial charge < -0.3 is 9.72 Å². The van der Waals surface area contributed by atoms with Crippen molar-refractivity contribution in [2.24, 2.45) is 0 Å². The fourth-order valence-electron chi connectivity index (χ4n) is 3.46. The Bertz CT molecular complexity index is 1070. The normalized spacial score (nSPS) is 10.6. The molecule has 0 atom stereocenters. The van der Waals surface area contributed by atoms with Gasteiger partial charge in [0.05, 0.1) is 12.3 Å². The van der Waals surface area contributed by atoms with Crippen molar-refractivity contribution in [3.05, 3.63) is 96.7 Å². The molecular formula is C25H21NO2. The minimum absolute atomic E-state index is 0.327. The number of esters is 1. The minimum Gasteiger partial charge on any atom is -0.461 e. The molecule has 3 heteroatoms. The van der Waals surface area contributed by atoms with E-state index in [1.54, 1.807) is 0 Å². The van der Waals surface area contributed by atoms with E-state index in [4.69, 9.17) is 4.74 Å². The molecule has 0 aliphatic rings. The van der Waals surface area contributed by atoms with Gasteiger partial charge in [-0.2, -0.15) is 0 Å². The van der Waals surface area contributed by atoms with Gasteiger partial charge in [-0.05, 0) is 23.6 Å². The van der Waals surface area contributed by atoms with Gasteiger partial charge >= 0.3 is 5.97 Å². The number of carbonyl (C=O) groups excluding carboxylic acids is 1. The predicted octanol–water partition coefficient (Wildman–Crippen LogP) is 6.19. The van der Waals surface area contributed by atoms with Gasteiger partial charge in [-0.15, -0.1) is 0 Å². The van der Waals surface area contributed by atoms with Crippen molar-refractivity contribution in [1.29, 1.82) is 0 Å². The summed E-state index contributed by atoms with van der Waals surface area (Å²) in [5, 5.41) is 0. The molecule has 0 saturated heterocycles. The van der Waals surface area contributed by atoms with E-state index in [-0.39, 0.29) is 5.97 Å². The first-order valence-corrected chi connectivity index (χ1v) is 9.39. The molecule has 0 aliphatic carbocycles. The number of aromatic amines is 1. The summed E-state index contributed by atoms with van der Waals surface area (Å²) in [4.78, 5) is 16.2. The maximum atomic E-state index is 12.8. The van der Waals surface area contributed by atoms with Crippen molar-refractivity contribution >= 4 is 5.97 Å². The highest BCUT2D eigenvalue weighted by Gasteiger charge is 2.25. The van der Waals surface area contributed by atoms with Crippen LogP contribution in [0, 0.1) is 0 Å². The lowest BCUT2D eigenvalue weighted by atomic mass is 9.93. The van der Waals surface area contributed by atoms with E-state index in [0.29, 0.717) is 12.3 Å². The molecule has 0 fully saturated rings. The van der Waals surface area contributed by atoms with Crippen LogP contribution < -0.4 is 0 Å². The Morgan fingerprint density at radius 2 is 1.18 bits per heavy atom. The quantitative estimate of drug-likeness (QED) is 0.427. The van der Waals surface area contributed by atoms with Crippen molar-refractivity contribution < 1.29 is 9.53 Å². The summed E-state index contributed by atoms with van der Waals surface area (Å²) in [6, 6.07) is 30.2. The average Bonchev–Trinajstić information content (AvgIpc) is 3.16. The molecule has 1 aromatic heterocycles. The van der Waals surface area contributed by atoms with Crippen molar-refractivity contribution in [3.63, 3.8) is 0 Å². The molecule has 3 aromatic carbocycles. The molecule has 3 nitrogen and oxygen atoms in total. The van der Waals surface area contributed by atoms with Crippen molar-refractivity contribution in [1.82, 2.24) is 4.98 Å². The van der Waals surface area contributed by atoms with E-state index in [9.17, 15) is 4.79 Å². The summed E-state index contributed by atoms with van der Waals surface area (Å²) in [6.07, 6.45) is 0. The molecule has 1 N–H and O–H groups in total. The van der Waals surface area contributed by atoms with Gasteiger partial charge in [0.1, 0.15) is 5.69 Å². The highest BCUT2D eigenvalue weighted by Crippen LogP contribution is 2.42. The second-order valence-corrected chi connectivity index (χ2v) is 6.44. The molecule has 0 amide bonds. The van der Waals surface area contributed by atoms with Crippen LogP contribution in [0.1, 0.15) is 17.4 Å². The van der Waals surface area contributed by atoms with Gasteiger partial charge in [-0.3, -0.25) is 0 Å². The zero-order valence-corrected chi connectivity index (χ0v) is 15.7. The molecule has 1 heterocycles. The number of hydrogen-bond acceptors (Lipinski definition) is 2. The van der Waals surface area contributed by atoms with Gasteiger partial charge in [0.25, 0.3) is 0 Å². The molecule has 138 valence electrons. The van der Waals surface area contributed by atoms with Crippen LogP contribution in [0.5, 0.6) is 0 Å². The van der Waals surface area contributed by atoms with Gasteiger partial charge in [-0.1, -0.05) is 91.0 Å². The molecule has 0 radical (unpaired) electrons. The Balaban J connectivity index is 2.06. The van der Waals surface area contributed by atoms with Crippen LogP contribution >= 0.6 is 0 Å². The summed E-state index contributed by atoms with van der Waals surface area (Å²) >= 11 is 0. The number of benzene rings is 3. The maximum absolute atomic E-state index is 12.8. The fourth-order valence-corrected chi connectivity index (χ4v) is 3.46. The van der Waals surface area contributed by atoms with Gasteiger partial charge in [-0.25, -0.2) is 4.79 Å². The molecule has 4 rings (SSSR count). The summed E-state index contributed by atoms with van der Waals surface area (Å²) in [7, 11) is 0.